The van der Waals surface area contributed by atoms with Crippen molar-refractivity contribution in [2.24, 2.45) is 52.3 Å². The van der Waals surface area contributed by atoms with Crippen molar-refractivity contribution < 1.29 is 44.5 Å². The molecule has 4 rings (SSSR count). The lowest BCUT2D eigenvalue weighted by Gasteiger charge is -2.63. The lowest BCUT2D eigenvalue weighted by atomic mass is 9.43. The van der Waals surface area contributed by atoms with Crippen LogP contribution in [0.15, 0.2) is 0 Å². The highest BCUT2D eigenvalue weighted by atomic mass is 32.3. The summed E-state index contributed by atoms with van der Waals surface area (Å²) in [6.45, 7) is 8.80. The summed E-state index contributed by atoms with van der Waals surface area (Å²) in [6.07, 6.45) is 5.82. The van der Waals surface area contributed by atoms with Crippen molar-refractivity contribution in [2.45, 2.75) is 110 Å². The van der Waals surface area contributed by atoms with Gasteiger partial charge in [0.2, 0.25) is 0 Å². The van der Waals surface area contributed by atoms with E-state index < -0.39 is 39.1 Å². The first-order valence-electron chi connectivity index (χ1n) is 14.6. The Morgan fingerprint density at radius 3 is 2.13 bits per heavy atom. The van der Waals surface area contributed by atoms with Crippen molar-refractivity contribution in [3.05, 3.63) is 0 Å². The van der Waals surface area contributed by atoms with Crippen LogP contribution in [0, 0.1) is 52.3 Å². The summed E-state index contributed by atoms with van der Waals surface area (Å²) in [6, 6.07) is 0. The molecule has 12 atom stereocenters. The Morgan fingerprint density at radius 2 is 1.49 bits per heavy atom. The van der Waals surface area contributed by atoms with Gasteiger partial charge in [-0.3, -0.25) is 9.11 Å². The predicted molar refractivity (Wildman–Crippen MR) is 144 cm³/mol. The van der Waals surface area contributed by atoms with Gasteiger partial charge in [-0.25, -0.2) is 8.37 Å². The van der Waals surface area contributed by atoms with Gasteiger partial charge in [-0.2, -0.15) is 16.8 Å². The van der Waals surface area contributed by atoms with Crippen LogP contribution in [0.4, 0.5) is 0 Å². The average Bonchev–Trinajstić information content (AvgIpc) is 3.17. The van der Waals surface area contributed by atoms with E-state index >= 15 is 0 Å². The fourth-order valence-electron chi connectivity index (χ4n) is 9.76. The van der Waals surface area contributed by atoms with Gasteiger partial charge in [-0.05, 0) is 104 Å². The van der Waals surface area contributed by atoms with Gasteiger partial charge in [0.25, 0.3) is 0 Å². The minimum atomic E-state index is -4.67. The number of aliphatic hydroxyl groups excluding tert-OH is 2. The highest BCUT2D eigenvalue weighted by molar-refractivity contribution is 7.81. The summed E-state index contributed by atoms with van der Waals surface area (Å²) in [5.74, 6) is 1.54. The molecule has 0 bridgehead atoms. The van der Waals surface area contributed by atoms with Crippen LogP contribution in [0.25, 0.3) is 0 Å². The van der Waals surface area contributed by atoms with Crippen LogP contribution < -0.4 is 0 Å². The number of fused-ring (bicyclic) bond motifs is 5. The summed E-state index contributed by atoms with van der Waals surface area (Å²) >= 11 is 0. The van der Waals surface area contributed by atoms with Crippen LogP contribution in [0.2, 0.25) is 0 Å². The van der Waals surface area contributed by atoms with Crippen molar-refractivity contribution >= 4 is 20.8 Å². The molecule has 0 spiro atoms. The molecule has 0 saturated heterocycles. The highest BCUT2D eigenvalue weighted by Gasteiger charge is 2.64. The molecule has 10 nitrogen and oxygen atoms in total. The second-order valence-corrected chi connectivity index (χ2v) is 15.9. The van der Waals surface area contributed by atoms with Gasteiger partial charge >= 0.3 is 20.8 Å². The Bertz CT molecular complexity index is 1080. The van der Waals surface area contributed by atoms with Gasteiger partial charge in [-0.15, -0.1) is 0 Å². The number of rotatable bonds is 10. The third-order valence-electron chi connectivity index (χ3n) is 11.6. The highest BCUT2D eigenvalue weighted by Crippen LogP contribution is 2.68. The van der Waals surface area contributed by atoms with E-state index in [1.807, 2.05) is 6.92 Å². The van der Waals surface area contributed by atoms with E-state index in [4.69, 9.17) is 8.74 Å². The molecule has 4 aliphatic carbocycles. The Kier molecular flexibility index (Phi) is 9.23. The minimum absolute atomic E-state index is 0.0193. The summed E-state index contributed by atoms with van der Waals surface area (Å²) in [5.41, 5.74) is -0.109. The van der Waals surface area contributed by atoms with E-state index in [9.17, 15) is 31.6 Å². The molecule has 0 aromatic rings. The molecule has 0 heterocycles. The molecule has 0 aromatic heterocycles. The average molecular weight is 597 g/mol. The van der Waals surface area contributed by atoms with Crippen LogP contribution in [-0.4, -0.2) is 61.1 Å². The van der Waals surface area contributed by atoms with E-state index in [1.54, 1.807) is 0 Å². The maximum Gasteiger partial charge on any atom is 0.397 e. The Morgan fingerprint density at radius 1 is 0.846 bits per heavy atom. The van der Waals surface area contributed by atoms with E-state index in [2.05, 4.69) is 25.0 Å². The van der Waals surface area contributed by atoms with Gasteiger partial charge in [0, 0.05) is 0 Å². The summed E-state index contributed by atoms with van der Waals surface area (Å²) in [5, 5.41) is 22.6. The Balaban J connectivity index is 1.41. The molecule has 12 heteroatoms. The molecule has 0 aliphatic heterocycles. The van der Waals surface area contributed by atoms with E-state index in [0.29, 0.717) is 37.0 Å². The van der Waals surface area contributed by atoms with Crippen LogP contribution >= 0.6 is 0 Å². The van der Waals surface area contributed by atoms with E-state index in [-0.39, 0.29) is 41.1 Å². The van der Waals surface area contributed by atoms with Gasteiger partial charge in [-0.1, -0.05) is 40.5 Å². The molecule has 4 N–H and O–H groups in total. The fourth-order valence-corrected chi connectivity index (χ4v) is 10.7. The molecule has 39 heavy (non-hydrogen) atoms. The van der Waals surface area contributed by atoms with Crippen LogP contribution in [-0.2, 0) is 29.2 Å². The van der Waals surface area contributed by atoms with Crippen LogP contribution in [0.1, 0.15) is 91.9 Å². The van der Waals surface area contributed by atoms with Crippen molar-refractivity contribution in [3.8, 4) is 0 Å². The number of aliphatic hydroxyl groups is 2. The lowest BCUT2D eigenvalue weighted by molar-refractivity contribution is -0.204. The molecule has 4 aliphatic rings. The SMILES string of the molecule is C[C@@H](CCC[C@@H](C)[C@H]1CC[C@H]2[C@@H]3[C@@H](O)CC4[C@@H](O)[C@H](OS(=O)(=O)O)CC[C@]4(C)[C@H]3CC[C@]12C)COS(=O)(=O)O. The van der Waals surface area contributed by atoms with Crippen LogP contribution in [0.5, 0.6) is 0 Å². The molecule has 4 saturated carbocycles. The third-order valence-corrected chi connectivity index (χ3v) is 12.5. The number of hydrogen-bond donors (Lipinski definition) is 4. The fraction of sp³-hybridized carbons (Fsp3) is 1.00. The van der Waals surface area contributed by atoms with Crippen LogP contribution in [0.3, 0.4) is 0 Å². The zero-order chi connectivity index (χ0) is 29.0. The predicted octanol–water partition coefficient (Wildman–Crippen LogP) is 4.04. The summed E-state index contributed by atoms with van der Waals surface area (Å²) in [7, 11) is -9.08. The van der Waals surface area contributed by atoms with Crippen molar-refractivity contribution in [3.63, 3.8) is 0 Å². The first kappa shape index (κ1) is 31.6. The van der Waals surface area contributed by atoms with Gasteiger partial charge in [0.15, 0.2) is 0 Å². The van der Waals surface area contributed by atoms with E-state index in [1.165, 1.54) is 0 Å². The Labute approximate surface area is 234 Å². The smallest absolute Gasteiger partial charge is 0.393 e. The molecule has 0 amide bonds. The minimum Gasteiger partial charge on any atom is -0.393 e. The van der Waals surface area contributed by atoms with Gasteiger partial charge < -0.3 is 10.2 Å². The molecule has 228 valence electrons. The normalized spacial score (nSPS) is 44.2. The zero-order valence-electron chi connectivity index (χ0n) is 23.6. The first-order valence-corrected chi connectivity index (χ1v) is 17.3. The third kappa shape index (κ3) is 6.53. The quantitative estimate of drug-likeness (QED) is 0.270. The molecule has 0 radical (unpaired) electrons. The van der Waals surface area contributed by atoms with Crippen molar-refractivity contribution in [2.75, 3.05) is 6.61 Å². The maximum atomic E-state index is 11.5. The number of hydrogen-bond acceptors (Lipinski definition) is 8. The zero-order valence-corrected chi connectivity index (χ0v) is 25.2. The maximum absolute atomic E-state index is 11.5. The summed E-state index contributed by atoms with van der Waals surface area (Å²) < 4.78 is 71.6. The molecular formula is C27H48O10S2. The standard InChI is InChI=1S/C27H48O10S2/c1-16(15-36-38(30,31)32)6-5-7-17(2)18-8-9-19-24-20(10-12-26(18,19)3)27(4)13-11-23(37-39(33,34)35)25(29)21(27)14-22(24)28/h16-25,28-29H,5-15H2,1-4H3,(H,30,31,32)(H,33,34,35)/t16-,17+,18+,19-,20-,21?,22-,23+,24-,25+,26+,27+/m0/s1. The summed E-state index contributed by atoms with van der Waals surface area (Å²) in [4.78, 5) is 0. The van der Waals surface area contributed by atoms with Gasteiger partial charge in [0.05, 0.1) is 18.8 Å². The van der Waals surface area contributed by atoms with Gasteiger partial charge in [0.1, 0.15) is 6.10 Å². The monoisotopic (exact) mass is 596 g/mol. The second-order valence-electron chi connectivity index (χ2n) is 13.8. The topological polar surface area (TPSA) is 168 Å². The molecule has 4 fully saturated rings. The van der Waals surface area contributed by atoms with E-state index in [0.717, 1.165) is 44.9 Å². The lowest BCUT2D eigenvalue weighted by Crippen LogP contribution is -2.62. The largest absolute Gasteiger partial charge is 0.397 e. The first-order chi connectivity index (χ1) is 18.0. The van der Waals surface area contributed by atoms with Crippen molar-refractivity contribution in [1.29, 1.82) is 0 Å². The second kappa shape index (κ2) is 11.4. The molecule has 0 aromatic carbocycles. The molecule has 1 unspecified atom stereocenters. The van der Waals surface area contributed by atoms with Crippen molar-refractivity contribution in [1.82, 2.24) is 0 Å². The Hall–Kier alpha value is -0.340. The molecular weight excluding hydrogens is 548 g/mol.